The van der Waals surface area contributed by atoms with Crippen LogP contribution in [0.25, 0.3) is 11.3 Å². The van der Waals surface area contributed by atoms with Gasteiger partial charge in [0.15, 0.2) is 0 Å². The van der Waals surface area contributed by atoms with Crippen LogP contribution in [0.1, 0.15) is 53.5 Å². The van der Waals surface area contributed by atoms with E-state index in [1.54, 1.807) is 23.9 Å². The number of H-pyrrole nitrogens is 1. The lowest BCUT2D eigenvalue weighted by Crippen LogP contribution is -2.31. The lowest BCUT2D eigenvalue weighted by atomic mass is 9.95. The summed E-state index contributed by atoms with van der Waals surface area (Å²) >= 11 is 8.03. The highest BCUT2D eigenvalue weighted by Gasteiger charge is 2.42. The first-order valence-electron chi connectivity index (χ1n) is 11.0. The van der Waals surface area contributed by atoms with Crippen LogP contribution >= 0.6 is 23.4 Å². The summed E-state index contributed by atoms with van der Waals surface area (Å²) in [7, 11) is 0. The normalized spacial score (nSPS) is 15.5. The fourth-order valence-electron chi connectivity index (χ4n) is 4.18. The van der Waals surface area contributed by atoms with Crippen LogP contribution in [0.3, 0.4) is 0 Å². The van der Waals surface area contributed by atoms with Crippen LogP contribution in [0.15, 0.2) is 41.3 Å². The molecule has 0 saturated heterocycles. The first-order chi connectivity index (χ1) is 15.8. The van der Waals surface area contributed by atoms with Crippen molar-refractivity contribution in [2.75, 3.05) is 19.4 Å². The molecule has 8 heteroatoms. The molecular weight excluding hydrogens is 458 g/mol. The van der Waals surface area contributed by atoms with E-state index in [2.05, 4.69) is 34.5 Å². The molecule has 1 unspecified atom stereocenters. The molecule has 4 rings (SSSR count). The Kier molecular flexibility index (Phi) is 7.02. The summed E-state index contributed by atoms with van der Waals surface area (Å²) < 4.78 is 5.69. The van der Waals surface area contributed by atoms with Gasteiger partial charge in [0.1, 0.15) is 17.1 Å². The van der Waals surface area contributed by atoms with Crippen molar-refractivity contribution in [2.45, 2.75) is 44.2 Å². The second kappa shape index (κ2) is 9.79. The molecule has 0 saturated carbocycles. The zero-order chi connectivity index (χ0) is 23.7. The maximum atomic E-state index is 13.4. The molecule has 2 N–H and O–H groups in total. The van der Waals surface area contributed by atoms with Gasteiger partial charge in [-0.25, -0.2) is 0 Å². The molecule has 1 aliphatic heterocycles. The SMILES string of the molecule is CSc1ccc(C2c3c(-c4cc(Cl)c(C)cc4O)n[nH]c3C(=O)N2CCCOC(C)C)cc1. The summed E-state index contributed by atoms with van der Waals surface area (Å²) in [5.74, 6) is -0.0242. The summed E-state index contributed by atoms with van der Waals surface area (Å²) in [6, 6.07) is 11.2. The number of nitrogens with zero attached hydrogens (tertiary/aromatic N) is 2. The van der Waals surface area contributed by atoms with Crippen LogP contribution in [0.2, 0.25) is 5.02 Å². The van der Waals surface area contributed by atoms with E-state index < -0.39 is 0 Å². The van der Waals surface area contributed by atoms with Gasteiger partial charge in [0.2, 0.25) is 0 Å². The molecule has 0 bridgehead atoms. The Bertz CT molecular complexity index is 1160. The highest BCUT2D eigenvalue weighted by Crippen LogP contribution is 2.45. The van der Waals surface area contributed by atoms with E-state index in [0.717, 1.165) is 28.0 Å². The number of aryl methyl sites for hydroxylation is 1. The minimum absolute atomic E-state index is 0.0823. The number of phenolic OH excluding ortho intramolecular Hbond substituents is 1. The number of phenols is 1. The Morgan fingerprint density at radius 3 is 2.67 bits per heavy atom. The number of halogens is 1. The van der Waals surface area contributed by atoms with Crippen molar-refractivity contribution < 1.29 is 14.6 Å². The molecule has 1 atom stereocenters. The smallest absolute Gasteiger partial charge is 0.273 e. The number of aromatic amines is 1. The number of fused-ring (bicyclic) bond motifs is 1. The fourth-order valence-corrected chi connectivity index (χ4v) is 4.75. The molecule has 174 valence electrons. The van der Waals surface area contributed by atoms with Crippen molar-refractivity contribution in [1.82, 2.24) is 15.1 Å². The third-order valence-electron chi connectivity index (χ3n) is 5.82. The predicted octanol–water partition coefficient (Wildman–Crippen LogP) is 5.83. The summed E-state index contributed by atoms with van der Waals surface area (Å²) in [5.41, 5.74) is 4.02. The minimum Gasteiger partial charge on any atom is -0.507 e. The number of rotatable bonds is 8. The van der Waals surface area contributed by atoms with Crippen LogP contribution in [0, 0.1) is 6.92 Å². The zero-order valence-corrected chi connectivity index (χ0v) is 20.8. The zero-order valence-electron chi connectivity index (χ0n) is 19.2. The number of hydrogen-bond acceptors (Lipinski definition) is 5. The topological polar surface area (TPSA) is 78.5 Å². The van der Waals surface area contributed by atoms with Gasteiger partial charge >= 0.3 is 0 Å². The lowest BCUT2D eigenvalue weighted by molar-refractivity contribution is 0.0601. The highest BCUT2D eigenvalue weighted by atomic mass is 35.5. The number of carbonyl (C=O) groups is 1. The first-order valence-corrected chi connectivity index (χ1v) is 12.6. The molecule has 2 heterocycles. The lowest BCUT2D eigenvalue weighted by Gasteiger charge is -2.27. The van der Waals surface area contributed by atoms with E-state index in [0.29, 0.717) is 35.1 Å². The standard InChI is InChI=1S/C25H28ClN3O3S/c1-14(2)32-11-5-10-29-24(16-6-8-17(33-4)9-7-16)21-22(27-28-23(21)25(29)31)18-13-19(26)15(3)12-20(18)30/h6-9,12-14,24,30H,5,10-11H2,1-4H3,(H,27,28). The number of aromatic nitrogens is 2. The molecule has 0 aliphatic carbocycles. The van der Waals surface area contributed by atoms with Crippen LogP contribution < -0.4 is 0 Å². The summed E-state index contributed by atoms with van der Waals surface area (Å²) in [6.07, 6.45) is 2.90. The molecule has 3 aromatic rings. The van der Waals surface area contributed by atoms with Gasteiger partial charge in [-0.05, 0) is 68.8 Å². The van der Waals surface area contributed by atoms with Gasteiger partial charge in [-0.2, -0.15) is 5.10 Å². The summed E-state index contributed by atoms with van der Waals surface area (Å²) in [4.78, 5) is 16.4. The van der Waals surface area contributed by atoms with E-state index in [-0.39, 0.29) is 23.8 Å². The number of thioether (sulfide) groups is 1. The average molecular weight is 486 g/mol. The van der Waals surface area contributed by atoms with E-state index in [1.807, 2.05) is 31.9 Å². The molecule has 6 nitrogen and oxygen atoms in total. The van der Waals surface area contributed by atoms with Crippen molar-refractivity contribution in [2.24, 2.45) is 0 Å². The second-order valence-electron chi connectivity index (χ2n) is 8.43. The predicted molar refractivity (Wildman–Crippen MR) is 132 cm³/mol. The van der Waals surface area contributed by atoms with Gasteiger partial charge in [0.05, 0.1) is 12.1 Å². The van der Waals surface area contributed by atoms with Gasteiger partial charge in [-0.1, -0.05) is 23.7 Å². The molecule has 1 amide bonds. The van der Waals surface area contributed by atoms with E-state index in [9.17, 15) is 9.90 Å². The van der Waals surface area contributed by atoms with Crippen molar-refractivity contribution in [1.29, 1.82) is 0 Å². The fraction of sp³-hybridized carbons (Fsp3) is 0.360. The summed E-state index contributed by atoms with van der Waals surface area (Å²) in [6.45, 7) is 6.95. The van der Waals surface area contributed by atoms with E-state index in [1.165, 1.54) is 0 Å². The Morgan fingerprint density at radius 2 is 2.00 bits per heavy atom. The molecular formula is C25H28ClN3O3S. The third-order valence-corrected chi connectivity index (χ3v) is 6.97. The number of amides is 1. The van der Waals surface area contributed by atoms with E-state index in [4.69, 9.17) is 16.3 Å². The van der Waals surface area contributed by atoms with Gasteiger partial charge in [-0.15, -0.1) is 11.8 Å². The third kappa shape index (κ3) is 4.63. The molecule has 0 spiro atoms. The molecule has 0 fully saturated rings. The maximum Gasteiger partial charge on any atom is 0.273 e. The van der Waals surface area contributed by atoms with Crippen LogP contribution in [0.4, 0.5) is 0 Å². The Hall–Kier alpha value is -2.48. The minimum atomic E-state index is -0.323. The molecule has 0 radical (unpaired) electrons. The number of hydrogen-bond donors (Lipinski definition) is 2. The number of ether oxygens (including phenoxy) is 1. The number of benzene rings is 2. The molecule has 1 aromatic heterocycles. The Labute approximate surface area is 203 Å². The van der Waals surface area contributed by atoms with Gasteiger partial charge in [0, 0.05) is 34.2 Å². The quantitative estimate of drug-likeness (QED) is 0.310. The Balaban J connectivity index is 1.77. The molecule has 2 aromatic carbocycles. The van der Waals surface area contributed by atoms with Gasteiger partial charge < -0.3 is 14.7 Å². The van der Waals surface area contributed by atoms with Crippen molar-refractivity contribution in [3.8, 4) is 17.0 Å². The Morgan fingerprint density at radius 1 is 1.27 bits per heavy atom. The summed E-state index contributed by atoms with van der Waals surface area (Å²) in [5, 5.41) is 18.6. The van der Waals surface area contributed by atoms with Crippen molar-refractivity contribution in [3.63, 3.8) is 0 Å². The number of nitrogens with one attached hydrogen (secondary N) is 1. The highest BCUT2D eigenvalue weighted by molar-refractivity contribution is 7.98. The van der Waals surface area contributed by atoms with Crippen LogP contribution in [-0.2, 0) is 4.74 Å². The average Bonchev–Trinajstić information content (AvgIpc) is 3.33. The first kappa shape index (κ1) is 23.7. The van der Waals surface area contributed by atoms with E-state index >= 15 is 0 Å². The molecule has 1 aliphatic rings. The maximum absolute atomic E-state index is 13.4. The monoisotopic (exact) mass is 485 g/mol. The van der Waals surface area contributed by atoms with Crippen LogP contribution in [0.5, 0.6) is 5.75 Å². The second-order valence-corrected chi connectivity index (χ2v) is 9.71. The molecule has 33 heavy (non-hydrogen) atoms. The number of carbonyl (C=O) groups excluding carboxylic acids is 1. The van der Waals surface area contributed by atoms with Gasteiger partial charge in [0.25, 0.3) is 5.91 Å². The van der Waals surface area contributed by atoms with Crippen LogP contribution in [-0.4, -0.2) is 51.6 Å². The number of aromatic hydroxyl groups is 1. The largest absolute Gasteiger partial charge is 0.507 e. The van der Waals surface area contributed by atoms with Gasteiger partial charge in [-0.3, -0.25) is 9.89 Å². The van der Waals surface area contributed by atoms with Crippen molar-refractivity contribution in [3.05, 3.63) is 63.8 Å². The van der Waals surface area contributed by atoms with Crippen molar-refractivity contribution >= 4 is 29.3 Å².